The Kier molecular flexibility index (Phi) is 6.50. The van der Waals surface area contributed by atoms with Gasteiger partial charge in [-0.25, -0.2) is 0 Å². The topological polar surface area (TPSA) is 66.4 Å². The van der Waals surface area contributed by atoms with Gasteiger partial charge in [-0.3, -0.25) is 9.59 Å². The molecule has 1 fully saturated rings. The molecule has 0 aromatic heterocycles. The second kappa shape index (κ2) is 7.65. The number of hydrogen-bond acceptors (Lipinski definition) is 2. The van der Waals surface area contributed by atoms with E-state index < -0.39 is 11.4 Å². The molecule has 1 saturated carbocycles. The Balaban J connectivity index is 2.48. The highest BCUT2D eigenvalue weighted by Crippen LogP contribution is 2.39. The molecular weight excluding hydrogens is 254 g/mol. The van der Waals surface area contributed by atoms with Crippen molar-refractivity contribution in [2.45, 2.75) is 78.2 Å². The van der Waals surface area contributed by atoms with Crippen molar-refractivity contribution in [1.29, 1.82) is 0 Å². The van der Waals surface area contributed by atoms with Gasteiger partial charge in [-0.2, -0.15) is 0 Å². The number of aliphatic carboxylic acids is 1. The van der Waals surface area contributed by atoms with Crippen LogP contribution in [0.15, 0.2) is 0 Å². The maximum atomic E-state index is 12.1. The first-order chi connectivity index (χ1) is 9.35. The van der Waals surface area contributed by atoms with E-state index in [0.29, 0.717) is 18.8 Å². The molecule has 1 unspecified atom stereocenters. The van der Waals surface area contributed by atoms with Crippen LogP contribution in [0, 0.1) is 11.3 Å². The maximum Gasteiger partial charge on any atom is 0.310 e. The maximum absolute atomic E-state index is 12.1. The molecular formula is C16H29NO3. The Bertz CT molecular complexity index is 333. The van der Waals surface area contributed by atoms with E-state index in [-0.39, 0.29) is 18.4 Å². The first kappa shape index (κ1) is 17.0. The lowest BCUT2D eigenvalue weighted by atomic mass is 9.71. The van der Waals surface area contributed by atoms with Crippen LogP contribution in [0.3, 0.4) is 0 Å². The van der Waals surface area contributed by atoms with Gasteiger partial charge in [0.2, 0.25) is 5.91 Å². The van der Waals surface area contributed by atoms with Gasteiger partial charge in [0.15, 0.2) is 0 Å². The smallest absolute Gasteiger partial charge is 0.310 e. The van der Waals surface area contributed by atoms with Crippen LogP contribution in [0.5, 0.6) is 0 Å². The van der Waals surface area contributed by atoms with Gasteiger partial charge in [0.05, 0.1) is 5.41 Å². The molecule has 4 nitrogen and oxygen atoms in total. The number of carboxylic acid groups (broad SMARTS) is 1. The molecule has 4 heteroatoms. The molecule has 1 aliphatic rings. The summed E-state index contributed by atoms with van der Waals surface area (Å²) in [6, 6.07) is 0.124. The Morgan fingerprint density at radius 1 is 1.10 bits per heavy atom. The van der Waals surface area contributed by atoms with Crippen molar-refractivity contribution in [3.8, 4) is 0 Å². The summed E-state index contributed by atoms with van der Waals surface area (Å²) in [5, 5.41) is 12.4. The van der Waals surface area contributed by atoms with Gasteiger partial charge in [0.25, 0.3) is 0 Å². The predicted molar refractivity (Wildman–Crippen MR) is 79.4 cm³/mol. The Hall–Kier alpha value is -1.06. The van der Waals surface area contributed by atoms with E-state index in [0.717, 1.165) is 32.1 Å². The van der Waals surface area contributed by atoms with Crippen molar-refractivity contribution in [1.82, 2.24) is 5.32 Å². The van der Waals surface area contributed by atoms with Crippen LogP contribution >= 0.6 is 0 Å². The lowest BCUT2D eigenvalue weighted by Gasteiger charge is -2.32. The minimum atomic E-state index is -0.819. The number of amides is 1. The Morgan fingerprint density at radius 3 is 2.20 bits per heavy atom. The summed E-state index contributed by atoms with van der Waals surface area (Å²) >= 11 is 0. The van der Waals surface area contributed by atoms with E-state index in [1.807, 2.05) is 6.92 Å². The van der Waals surface area contributed by atoms with Gasteiger partial charge in [0.1, 0.15) is 0 Å². The van der Waals surface area contributed by atoms with Crippen LogP contribution in [0.4, 0.5) is 0 Å². The minimum Gasteiger partial charge on any atom is -0.481 e. The van der Waals surface area contributed by atoms with Crippen molar-refractivity contribution >= 4 is 11.9 Å². The van der Waals surface area contributed by atoms with Gasteiger partial charge in [0, 0.05) is 12.5 Å². The molecule has 0 saturated heterocycles. The molecule has 0 aromatic rings. The van der Waals surface area contributed by atoms with E-state index >= 15 is 0 Å². The monoisotopic (exact) mass is 283 g/mol. The van der Waals surface area contributed by atoms with E-state index in [2.05, 4.69) is 19.2 Å². The van der Waals surface area contributed by atoms with Gasteiger partial charge in [-0.15, -0.1) is 0 Å². The second-order valence-electron chi connectivity index (χ2n) is 6.76. The number of hydrogen-bond donors (Lipinski definition) is 2. The first-order valence-corrected chi connectivity index (χ1v) is 7.88. The molecule has 116 valence electrons. The zero-order valence-corrected chi connectivity index (χ0v) is 13.1. The zero-order chi connectivity index (χ0) is 15.2. The molecule has 0 spiro atoms. The highest BCUT2D eigenvalue weighted by Gasteiger charge is 2.41. The highest BCUT2D eigenvalue weighted by molar-refractivity contribution is 5.85. The van der Waals surface area contributed by atoms with E-state index in [4.69, 9.17) is 0 Å². The predicted octanol–water partition coefficient (Wildman–Crippen LogP) is 3.35. The molecule has 1 atom stereocenters. The van der Waals surface area contributed by atoms with Crippen LogP contribution in [0.2, 0.25) is 0 Å². The standard InChI is InChI=1S/C16H29NO3/c1-12(2)7-8-13(3)17-14(18)11-16(15(19)20)9-5-4-6-10-16/h12-13H,4-11H2,1-3H3,(H,17,18)(H,19,20). The van der Waals surface area contributed by atoms with Crippen LogP contribution in [-0.4, -0.2) is 23.0 Å². The fourth-order valence-corrected chi connectivity index (χ4v) is 2.98. The molecule has 0 heterocycles. The minimum absolute atomic E-state index is 0.106. The Labute approximate surface area is 122 Å². The summed E-state index contributed by atoms with van der Waals surface area (Å²) in [4.78, 5) is 23.6. The number of carboxylic acids is 1. The van der Waals surface area contributed by atoms with E-state index in [1.165, 1.54) is 0 Å². The van der Waals surface area contributed by atoms with Crippen LogP contribution in [0.25, 0.3) is 0 Å². The van der Waals surface area contributed by atoms with Gasteiger partial charge < -0.3 is 10.4 Å². The number of nitrogens with one attached hydrogen (secondary N) is 1. The molecule has 0 bridgehead atoms. The number of carbonyl (C=O) groups is 2. The summed E-state index contributed by atoms with van der Waals surface area (Å²) < 4.78 is 0. The molecule has 20 heavy (non-hydrogen) atoms. The Morgan fingerprint density at radius 2 is 1.70 bits per heavy atom. The average molecular weight is 283 g/mol. The quantitative estimate of drug-likeness (QED) is 0.753. The molecule has 1 amide bonds. The largest absolute Gasteiger partial charge is 0.481 e. The average Bonchev–Trinajstić information content (AvgIpc) is 2.37. The third-order valence-electron chi connectivity index (χ3n) is 4.35. The van der Waals surface area contributed by atoms with Crippen molar-refractivity contribution in [3.05, 3.63) is 0 Å². The van der Waals surface area contributed by atoms with Crippen molar-refractivity contribution in [2.75, 3.05) is 0 Å². The molecule has 1 rings (SSSR count). The molecule has 1 aliphatic carbocycles. The SMILES string of the molecule is CC(C)CCC(C)NC(=O)CC1(C(=O)O)CCCCC1. The molecule has 2 N–H and O–H groups in total. The van der Waals surface area contributed by atoms with Crippen molar-refractivity contribution < 1.29 is 14.7 Å². The third kappa shape index (κ3) is 5.14. The summed E-state index contributed by atoms with van der Waals surface area (Å²) in [6.45, 7) is 6.32. The normalized spacial score (nSPS) is 19.6. The summed E-state index contributed by atoms with van der Waals surface area (Å²) in [7, 11) is 0. The number of carbonyl (C=O) groups excluding carboxylic acids is 1. The number of rotatable bonds is 7. The van der Waals surface area contributed by atoms with Crippen LogP contribution < -0.4 is 5.32 Å². The fraction of sp³-hybridized carbons (Fsp3) is 0.875. The van der Waals surface area contributed by atoms with Gasteiger partial charge >= 0.3 is 5.97 Å². The highest BCUT2D eigenvalue weighted by atomic mass is 16.4. The second-order valence-corrected chi connectivity index (χ2v) is 6.76. The lowest BCUT2D eigenvalue weighted by Crippen LogP contribution is -2.41. The first-order valence-electron chi connectivity index (χ1n) is 7.88. The molecule has 0 aliphatic heterocycles. The van der Waals surface area contributed by atoms with E-state index in [1.54, 1.807) is 0 Å². The van der Waals surface area contributed by atoms with Crippen LogP contribution in [0.1, 0.15) is 72.1 Å². The van der Waals surface area contributed by atoms with Gasteiger partial charge in [-0.1, -0.05) is 33.1 Å². The molecule has 0 radical (unpaired) electrons. The van der Waals surface area contributed by atoms with Crippen LogP contribution in [-0.2, 0) is 9.59 Å². The summed E-state index contributed by atoms with van der Waals surface area (Å²) in [5.41, 5.74) is -0.819. The zero-order valence-electron chi connectivity index (χ0n) is 13.1. The molecule has 0 aromatic carbocycles. The summed E-state index contributed by atoms with van der Waals surface area (Å²) in [5.74, 6) is -0.286. The third-order valence-corrected chi connectivity index (χ3v) is 4.35. The lowest BCUT2D eigenvalue weighted by molar-refractivity contribution is -0.154. The van der Waals surface area contributed by atoms with Crippen molar-refractivity contribution in [2.24, 2.45) is 11.3 Å². The van der Waals surface area contributed by atoms with E-state index in [9.17, 15) is 14.7 Å². The van der Waals surface area contributed by atoms with Gasteiger partial charge in [-0.05, 0) is 38.5 Å². The summed E-state index contributed by atoms with van der Waals surface area (Å²) in [6.07, 6.45) is 6.35. The fourth-order valence-electron chi connectivity index (χ4n) is 2.98. The van der Waals surface area contributed by atoms with Crippen molar-refractivity contribution in [3.63, 3.8) is 0 Å².